The summed E-state index contributed by atoms with van der Waals surface area (Å²) in [6.07, 6.45) is 3.01. The van der Waals surface area contributed by atoms with Gasteiger partial charge in [-0.3, -0.25) is 5.32 Å². The maximum absolute atomic E-state index is 9.58. The minimum atomic E-state index is -0.983. The first-order valence-electron chi connectivity index (χ1n) is 5.33. The van der Waals surface area contributed by atoms with Crippen LogP contribution in [0, 0.1) is 0 Å². The van der Waals surface area contributed by atoms with Crippen LogP contribution in [0.1, 0.15) is 25.7 Å². The minimum Gasteiger partial charge on any atom is -0.375 e. The van der Waals surface area contributed by atoms with E-state index in [4.69, 9.17) is 11.6 Å². The standard InChI is InChI=1S/C12H15ClNO/c13-12(15)8-6-11(7-9-12)14-10-4-2-1-3-5-10/h1-5,11,15H,6-9H2/t11-,12-. The maximum atomic E-state index is 9.58. The molecule has 0 aromatic heterocycles. The Morgan fingerprint density at radius 2 is 1.80 bits per heavy atom. The number of hydrogen-bond donors (Lipinski definition) is 1. The van der Waals surface area contributed by atoms with Crippen LogP contribution >= 0.6 is 11.6 Å². The molecular weight excluding hydrogens is 210 g/mol. The third-order valence-electron chi connectivity index (χ3n) is 2.81. The molecule has 0 saturated heterocycles. The number of aliphatic hydroxyl groups is 1. The highest BCUT2D eigenvalue weighted by molar-refractivity contribution is 6.22. The Morgan fingerprint density at radius 1 is 1.20 bits per heavy atom. The van der Waals surface area contributed by atoms with Gasteiger partial charge in [0.25, 0.3) is 0 Å². The smallest absolute Gasteiger partial charge is 0.138 e. The van der Waals surface area contributed by atoms with Crippen molar-refractivity contribution in [3.8, 4) is 0 Å². The molecule has 1 aliphatic carbocycles. The third-order valence-corrected chi connectivity index (χ3v) is 3.19. The highest BCUT2D eigenvalue weighted by Crippen LogP contribution is 2.32. The lowest BCUT2D eigenvalue weighted by molar-refractivity contribution is 0.0770. The van der Waals surface area contributed by atoms with Gasteiger partial charge in [0.05, 0.1) is 11.7 Å². The van der Waals surface area contributed by atoms with Gasteiger partial charge in [-0.05, 0) is 37.8 Å². The SMILES string of the molecule is O[C@]1(Cl)CC[C@@H]([N]c2ccccc2)CC1. The Labute approximate surface area is 95.3 Å². The molecule has 2 nitrogen and oxygen atoms in total. The van der Waals surface area contributed by atoms with E-state index in [1.807, 2.05) is 30.3 Å². The van der Waals surface area contributed by atoms with E-state index < -0.39 is 5.06 Å². The van der Waals surface area contributed by atoms with Gasteiger partial charge in [-0.1, -0.05) is 29.8 Å². The summed E-state index contributed by atoms with van der Waals surface area (Å²) in [6, 6.07) is 10.3. The molecule has 2 rings (SSSR count). The Bertz CT molecular complexity index is 303. The van der Waals surface area contributed by atoms with Crippen molar-refractivity contribution in [2.75, 3.05) is 0 Å². The van der Waals surface area contributed by atoms with E-state index in [0.717, 1.165) is 18.5 Å². The Hall–Kier alpha value is -0.730. The minimum absolute atomic E-state index is 0.312. The van der Waals surface area contributed by atoms with Gasteiger partial charge < -0.3 is 5.11 Å². The van der Waals surface area contributed by atoms with Crippen molar-refractivity contribution in [3.05, 3.63) is 30.3 Å². The van der Waals surface area contributed by atoms with E-state index >= 15 is 0 Å². The number of rotatable bonds is 2. The van der Waals surface area contributed by atoms with Crippen LogP contribution in [0.25, 0.3) is 0 Å². The molecule has 1 aromatic carbocycles. The fraction of sp³-hybridized carbons (Fsp3) is 0.500. The van der Waals surface area contributed by atoms with Crippen molar-refractivity contribution >= 4 is 17.3 Å². The molecular formula is C12H15ClNO. The van der Waals surface area contributed by atoms with Crippen molar-refractivity contribution in [2.45, 2.75) is 36.8 Å². The molecule has 1 radical (unpaired) electrons. The quantitative estimate of drug-likeness (QED) is 0.771. The van der Waals surface area contributed by atoms with E-state index in [-0.39, 0.29) is 0 Å². The van der Waals surface area contributed by atoms with E-state index in [9.17, 15) is 5.11 Å². The zero-order valence-corrected chi connectivity index (χ0v) is 9.32. The van der Waals surface area contributed by atoms with Crippen molar-refractivity contribution in [3.63, 3.8) is 0 Å². The van der Waals surface area contributed by atoms with Crippen LogP contribution in [0.3, 0.4) is 0 Å². The lowest BCUT2D eigenvalue weighted by Gasteiger charge is -2.30. The summed E-state index contributed by atoms with van der Waals surface area (Å²) < 4.78 is 0. The number of halogens is 1. The van der Waals surface area contributed by atoms with Gasteiger partial charge in [-0.2, -0.15) is 0 Å². The molecule has 1 saturated carbocycles. The zero-order chi connectivity index (χ0) is 10.7. The molecule has 0 atom stereocenters. The van der Waals surface area contributed by atoms with Gasteiger partial charge in [0, 0.05) is 0 Å². The molecule has 1 fully saturated rings. The van der Waals surface area contributed by atoms with Crippen LogP contribution < -0.4 is 5.32 Å². The highest BCUT2D eigenvalue weighted by atomic mass is 35.5. The number of hydrogen-bond acceptors (Lipinski definition) is 1. The average Bonchev–Trinajstić information content (AvgIpc) is 2.23. The fourth-order valence-corrected chi connectivity index (χ4v) is 2.12. The Balaban J connectivity index is 1.88. The summed E-state index contributed by atoms with van der Waals surface area (Å²) in [5.74, 6) is 0. The van der Waals surface area contributed by atoms with Gasteiger partial charge >= 0.3 is 0 Å². The van der Waals surface area contributed by atoms with E-state index in [1.54, 1.807) is 0 Å². The summed E-state index contributed by atoms with van der Waals surface area (Å²) in [5.41, 5.74) is 1.02. The van der Waals surface area contributed by atoms with Gasteiger partial charge in [-0.15, -0.1) is 0 Å². The van der Waals surface area contributed by atoms with E-state index in [0.29, 0.717) is 18.9 Å². The summed E-state index contributed by atoms with van der Waals surface area (Å²) in [4.78, 5) is 0. The van der Waals surface area contributed by atoms with E-state index in [1.165, 1.54) is 0 Å². The Kier molecular flexibility index (Phi) is 3.17. The Morgan fingerprint density at radius 3 is 2.40 bits per heavy atom. The molecule has 0 unspecified atom stereocenters. The topological polar surface area (TPSA) is 34.3 Å². The molecule has 0 heterocycles. The fourth-order valence-electron chi connectivity index (χ4n) is 1.90. The summed E-state index contributed by atoms with van der Waals surface area (Å²) in [6.45, 7) is 0. The molecule has 0 amide bonds. The van der Waals surface area contributed by atoms with Crippen LogP contribution in [-0.2, 0) is 0 Å². The van der Waals surface area contributed by atoms with Crippen molar-refractivity contribution in [1.82, 2.24) is 5.32 Å². The normalized spacial score (nSPS) is 31.2. The second-order valence-corrected chi connectivity index (χ2v) is 4.82. The molecule has 0 bridgehead atoms. The van der Waals surface area contributed by atoms with Gasteiger partial charge in [0.2, 0.25) is 0 Å². The van der Waals surface area contributed by atoms with Crippen LogP contribution in [0.15, 0.2) is 30.3 Å². The molecule has 3 heteroatoms. The van der Waals surface area contributed by atoms with Crippen LogP contribution in [0.4, 0.5) is 5.69 Å². The highest BCUT2D eigenvalue weighted by Gasteiger charge is 2.31. The summed E-state index contributed by atoms with van der Waals surface area (Å²) >= 11 is 5.85. The number of benzene rings is 1. The first kappa shape index (κ1) is 10.8. The lowest BCUT2D eigenvalue weighted by Crippen LogP contribution is -2.33. The lowest BCUT2D eigenvalue weighted by atomic mass is 9.92. The molecule has 0 spiro atoms. The monoisotopic (exact) mass is 224 g/mol. The van der Waals surface area contributed by atoms with Crippen LogP contribution in [-0.4, -0.2) is 16.2 Å². The van der Waals surface area contributed by atoms with Gasteiger partial charge in [-0.25, -0.2) is 0 Å². The van der Waals surface area contributed by atoms with Gasteiger partial charge in [0.1, 0.15) is 5.06 Å². The molecule has 1 N–H and O–H groups in total. The molecule has 15 heavy (non-hydrogen) atoms. The maximum Gasteiger partial charge on any atom is 0.138 e. The largest absolute Gasteiger partial charge is 0.375 e. The number of nitrogens with zero attached hydrogens (tertiary/aromatic N) is 1. The first-order valence-corrected chi connectivity index (χ1v) is 5.71. The number of para-hydroxylation sites is 1. The van der Waals surface area contributed by atoms with Crippen molar-refractivity contribution in [1.29, 1.82) is 0 Å². The van der Waals surface area contributed by atoms with Crippen LogP contribution in [0.5, 0.6) is 0 Å². The summed E-state index contributed by atoms with van der Waals surface area (Å²) in [7, 11) is 0. The first-order chi connectivity index (χ1) is 7.16. The summed E-state index contributed by atoms with van der Waals surface area (Å²) in [5, 5.41) is 13.2. The van der Waals surface area contributed by atoms with Gasteiger partial charge in [0.15, 0.2) is 0 Å². The second kappa shape index (κ2) is 4.42. The molecule has 81 valence electrons. The molecule has 0 aliphatic heterocycles. The zero-order valence-electron chi connectivity index (χ0n) is 8.56. The predicted octanol–water partition coefficient (Wildman–Crippen LogP) is 2.79. The molecule has 1 aromatic rings. The average molecular weight is 225 g/mol. The number of alkyl halides is 1. The molecule has 1 aliphatic rings. The van der Waals surface area contributed by atoms with Crippen molar-refractivity contribution < 1.29 is 5.11 Å². The van der Waals surface area contributed by atoms with Crippen molar-refractivity contribution in [2.24, 2.45) is 0 Å². The third kappa shape index (κ3) is 3.11. The van der Waals surface area contributed by atoms with E-state index in [2.05, 4.69) is 5.32 Å². The van der Waals surface area contributed by atoms with Crippen LogP contribution in [0.2, 0.25) is 0 Å². The predicted molar refractivity (Wildman–Crippen MR) is 61.3 cm³/mol. The second-order valence-electron chi connectivity index (χ2n) is 4.11.